The summed E-state index contributed by atoms with van der Waals surface area (Å²) in [7, 11) is 2.49. The molecule has 37 heavy (non-hydrogen) atoms. The first kappa shape index (κ1) is 25.0. The summed E-state index contributed by atoms with van der Waals surface area (Å²) in [6, 6.07) is 8.47. The van der Waals surface area contributed by atoms with Gasteiger partial charge in [0.15, 0.2) is 28.8 Å². The molecule has 0 unspecified atom stereocenters. The van der Waals surface area contributed by atoms with Gasteiger partial charge in [0.25, 0.3) is 0 Å². The standard InChI is InChI=1S/C26H22O11/c1-35-19-8-11(3-6-15(19)28)13(9-20(32)36-2)21-17(30)10-18(31)22-23(33)24(34)25(37-26(21)22)12-4-5-14(27)16(29)7-12/h3-8,10,13,27-31,34H,9H2,1-2H3/t13-/m1/s1. The monoisotopic (exact) mass is 510 g/mol. The second-order valence-electron chi connectivity index (χ2n) is 8.11. The Morgan fingerprint density at radius 3 is 2.22 bits per heavy atom. The summed E-state index contributed by atoms with van der Waals surface area (Å²) in [6.07, 6.45) is -0.363. The number of rotatable bonds is 6. The number of methoxy groups -OCH3 is 2. The lowest BCUT2D eigenvalue weighted by Gasteiger charge is -2.21. The van der Waals surface area contributed by atoms with Gasteiger partial charge < -0.3 is 44.5 Å². The van der Waals surface area contributed by atoms with E-state index in [1.807, 2.05) is 0 Å². The van der Waals surface area contributed by atoms with E-state index < -0.39 is 57.2 Å². The van der Waals surface area contributed by atoms with Crippen LogP contribution in [0.4, 0.5) is 0 Å². The van der Waals surface area contributed by atoms with Crippen molar-refractivity contribution in [2.24, 2.45) is 0 Å². The van der Waals surface area contributed by atoms with E-state index in [-0.39, 0.29) is 34.6 Å². The zero-order valence-electron chi connectivity index (χ0n) is 19.6. The van der Waals surface area contributed by atoms with Gasteiger partial charge in [0, 0.05) is 23.1 Å². The molecular weight excluding hydrogens is 488 g/mol. The Morgan fingerprint density at radius 2 is 1.57 bits per heavy atom. The minimum absolute atomic E-state index is 0.00333. The lowest BCUT2D eigenvalue weighted by molar-refractivity contribution is -0.140. The molecule has 6 N–H and O–H groups in total. The highest BCUT2D eigenvalue weighted by Crippen LogP contribution is 2.46. The van der Waals surface area contributed by atoms with Gasteiger partial charge in [0.05, 0.1) is 20.6 Å². The number of esters is 1. The van der Waals surface area contributed by atoms with E-state index in [2.05, 4.69) is 0 Å². The molecule has 0 aliphatic rings. The molecule has 1 aromatic heterocycles. The molecule has 4 rings (SSSR count). The molecule has 0 aliphatic heterocycles. The molecule has 1 heterocycles. The number of benzene rings is 3. The summed E-state index contributed by atoms with van der Waals surface area (Å²) in [5, 5.41) is 61.0. The van der Waals surface area contributed by atoms with Gasteiger partial charge in [-0.2, -0.15) is 0 Å². The first-order chi connectivity index (χ1) is 17.6. The summed E-state index contributed by atoms with van der Waals surface area (Å²) < 4.78 is 15.8. The number of phenolic OH excluding ortho intramolecular Hbond substituents is 5. The minimum atomic E-state index is -1.05. The molecule has 11 nitrogen and oxygen atoms in total. The zero-order valence-corrected chi connectivity index (χ0v) is 19.6. The largest absolute Gasteiger partial charge is 0.507 e. The summed E-state index contributed by atoms with van der Waals surface area (Å²) in [5.74, 6) is -5.44. The Labute approximate surface area is 208 Å². The number of ether oxygens (including phenoxy) is 2. The SMILES string of the molecule is COC(=O)C[C@H](c1ccc(O)c(OC)c1)c1c(O)cc(O)c2c(=O)c(O)c(-c3ccc(O)c(O)c3)oc12. The highest BCUT2D eigenvalue weighted by Gasteiger charge is 2.30. The van der Waals surface area contributed by atoms with Crippen LogP contribution in [0.25, 0.3) is 22.3 Å². The topological polar surface area (TPSA) is 187 Å². The number of hydrogen-bond donors (Lipinski definition) is 6. The molecule has 0 saturated heterocycles. The van der Waals surface area contributed by atoms with Crippen LogP contribution in [0.2, 0.25) is 0 Å². The number of carbonyl (C=O) groups excluding carboxylic acids is 1. The second kappa shape index (κ2) is 9.53. The molecular formula is C26H22O11. The van der Waals surface area contributed by atoms with Crippen molar-refractivity contribution >= 4 is 16.9 Å². The Bertz CT molecular complexity index is 1590. The van der Waals surface area contributed by atoms with Crippen molar-refractivity contribution in [2.75, 3.05) is 14.2 Å². The van der Waals surface area contributed by atoms with E-state index in [0.29, 0.717) is 5.56 Å². The van der Waals surface area contributed by atoms with Crippen molar-refractivity contribution in [3.8, 4) is 51.6 Å². The maximum Gasteiger partial charge on any atom is 0.306 e. The van der Waals surface area contributed by atoms with Crippen molar-refractivity contribution in [1.82, 2.24) is 0 Å². The number of carbonyl (C=O) groups is 1. The van der Waals surface area contributed by atoms with E-state index in [1.54, 1.807) is 0 Å². The third kappa shape index (κ3) is 4.38. The van der Waals surface area contributed by atoms with Gasteiger partial charge >= 0.3 is 5.97 Å². The fourth-order valence-corrected chi connectivity index (χ4v) is 4.09. The Kier molecular flexibility index (Phi) is 6.45. The van der Waals surface area contributed by atoms with Crippen LogP contribution in [0.5, 0.6) is 40.2 Å². The quantitative estimate of drug-likeness (QED) is 0.165. The van der Waals surface area contributed by atoms with Crippen LogP contribution in [-0.4, -0.2) is 50.8 Å². The molecule has 11 heteroatoms. The van der Waals surface area contributed by atoms with E-state index in [0.717, 1.165) is 18.2 Å². The van der Waals surface area contributed by atoms with Crippen LogP contribution >= 0.6 is 0 Å². The number of phenols is 5. The van der Waals surface area contributed by atoms with Crippen LogP contribution in [-0.2, 0) is 9.53 Å². The zero-order chi connectivity index (χ0) is 27.0. The number of hydrogen-bond acceptors (Lipinski definition) is 11. The molecule has 1 atom stereocenters. The van der Waals surface area contributed by atoms with E-state index in [4.69, 9.17) is 13.9 Å². The lowest BCUT2D eigenvalue weighted by Crippen LogP contribution is -2.13. The van der Waals surface area contributed by atoms with E-state index >= 15 is 0 Å². The van der Waals surface area contributed by atoms with Gasteiger partial charge in [-0.15, -0.1) is 0 Å². The molecule has 192 valence electrons. The molecule has 3 aromatic carbocycles. The van der Waals surface area contributed by atoms with Crippen molar-refractivity contribution in [3.63, 3.8) is 0 Å². The van der Waals surface area contributed by atoms with Crippen molar-refractivity contribution in [3.05, 3.63) is 63.8 Å². The molecule has 0 fully saturated rings. The predicted molar refractivity (Wildman–Crippen MR) is 129 cm³/mol. The van der Waals surface area contributed by atoms with Gasteiger partial charge in [-0.05, 0) is 35.9 Å². The fraction of sp³-hybridized carbons (Fsp3) is 0.154. The predicted octanol–water partition coefficient (Wildman–Crippen LogP) is 3.40. The molecule has 0 saturated carbocycles. The smallest absolute Gasteiger partial charge is 0.306 e. The van der Waals surface area contributed by atoms with Gasteiger partial charge in [-0.25, -0.2) is 0 Å². The minimum Gasteiger partial charge on any atom is -0.507 e. The molecule has 4 aromatic rings. The van der Waals surface area contributed by atoms with Crippen LogP contribution in [0.1, 0.15) is 23.5 Å². The highest BCUT2D eigenvalue weighted by atomic mass is 16.5. The lowest BCUT2D eigenvalue weighted by atomic mass is 9.86. The van der Waals surface area contributed by atoms with Gasteiger partial charge in [0.1, 0.15) is 22.5 Å². The van der Waals surface area contributed by atoms with Gasteiger partial charge in [0.2, 0.25) is 11.2 Å². The Balaban J connectivity index is 2.09. The molecule has 0 spiro atoms. The second-order valence-corrected chi connectivity index (χ2v) is 8.11. The van der Waals surface area contributed by atoms with Gasteiger partial charge in [-0.1, -0.05) is 6.07 Å². The Hall–Kier alpha value is -5.06. The molecule has 0 bridgehead atoms. The van der Waals surface area contributed by atoms with Crippen molar-refractivity contribution < 1.29 is 49.3 Å². The summed E-state index contributed by atoms with van der Waals surface area (Å²) in [5.41, 5.74) is -1.17. The maximum absolute atomic E-state index is 13.1. The first-order valence-electron chi connectivity index (χ1n) is 10.8. The normalized spacial score (nSPS) is 11.8. The summed E-state index contributed by atoms with van der Waals surface area (Å²) in [6.45, 7) is 0. The fourth-order valence-electron chi connectivity index (χ4n) is 4.09. The first-order valence-corrected chi connectivity index (χ1v) is 10.8. The van der Waals surface area contributed by atoms with Gasteiger partial charge in [-0.3, -0.25) is 9.59 Å². The third-order valence-electron chi connectivity index (χ3n) is 5.93. The highest BCUT2D eigenvalue weighted by molar-refractivity contribution is 5.92. The maximum atomic E-state index is 13.1. The average Bonchev–Trinajstić information content (AvgIpc) is 2.87. The average molecular weight is 510 g/mol. The third-order valence-corrected chi connectivity index (χ3v) is 5.93. The van der Waals surface area contributed by atoms with E-state index in [1.165, 1.54) is 38.5 Å². The molecule has 0 aliphatic carbocycles. The molecule has 0 radical (unpaired) electrons. The summed E-state index contributed by atoms with van der Waals surface area (Å²) >= 11 is 0. The summed E-state index contributed by atoms with van der Waals surface area (Å²) in [4.78, 5) is 25.5. The number of fused-ring (bicyclic) bond motifs is 1. The Morgan fingerprint density at radius 1 is 0.865 bits per heavy atom. The van der Waals surface area contributed by atoms with Crippen LogP contribution in [0, 0.1) is 0 Å². The van der Waals surface area contributed by atoms with Crippen LogP contribution in [0.3, 0.4) is 0 Å². The van der Waals surface area contributed by atoms with E-state index in [9.17, 15) is 40.2 Å². The van der Waals surface area contributed by atoms with Crippen molar-refractivity contribution in [1.29, 1.82) is 0 Å². The van der Waals surface area contributed by atoms with Crippen molar-refractivity contribution in [2.45, 2.75) is 12.3 Å². The number of aromatic hydroxyl groups is 6. The van der Waals surface area contributed by atoms with Crippen LogP contribution in [0.15, 0.2) is 51.7 Å². The van der Waals surface area contributed by atoms with Crippen LogP contribution < -0.4 is 10.2 Å². The molecule has 0 amide bonds.